The van der Waals surface area contributed by atoms with Gasteiger partial charge in [-0.25, -0.2) is 4.39 Å². The Kier molecular flexibility index (Phi) is 4.28. The normalized spacial score (nSPS) is 14.9. The van der Waals surface area contributed by atoms with Crippen LogP contribution >= 0.6 is 0 Å². The van der Waals surface area contributed by atoms with Crippen LogP contribution in [0.4, 0.5) is 26.3 Å². The van der Waals surface area contributed by atoms with Crippen molar-refractivity contribution in [3.05, 3.63) is 29.8 Å². The molecule has 0 N–H and O–H groups in total. The number of hydrogen-bond acceptors (Lipinski definition) is 3. The molecule has 0 fully saturated rings. The van der Waals surface area contributed by atoms with Crippen molar-refractivity contribution in [1.82, 2.24) is 0 Å². The predicted octanol–water partition coefficient (Wildman–Crippen LogP) is 3.23. The van der Waals surface area contributed by atoms with Crippen LogP contribution in [-0.4, -0.2) is 26.8 Å². The van der Waals surface area contributed by atoms with Gasteiger partial charge in [-0.1, -0.05) is 12.1 Å². The molecule has 0 radical (unpaired) electrons. The molecule has 0 aliphatic rings. The van der Waals surface area contributed by atoms with E-state index in [2.05, 4.69) is 4.18 Å². The third-order valence-electron chi connectivity index (χ3n) is 2.12. The van der Waals surface area contributed by atoms with Crippen LogP contribution in [0.3, 0.4) is 0 Å². The van der Waals surface area contributed by atoms with Crippen LogP contribution < -0.4 is 4.18 Å². The topological polar surface area (TPSA) is 43.4 Å². The lowest BCUT2D eigenvalue weighted by Gasteiger charge is -2.23. The summed E-state index contributed by atoms with van der Waals surface area (Å²) in [4.78, 5) is 0. The monoisotopic (exact) mass is 322 g/mol. The number of benzene rings is 1. The number of alkyl halides is 6. The fourth-order valence-electron chi connectivity index (χ4n) is 1.22. The van der Waals surface area contributed by atoms with Crippen molar-refractivity contribution in [2.45, 2.75) is 18.3 Å². The van der Waals surface area contributed by atoms with Gasteiger partial charge in [0.05, 0.1) is 6.26 Å². The van der Waals surface area contributed by atoms with Gasteiger partial charge in [-0.3, -0.25) is 0 Å². The SMILES string of the molecule is CS(=O)(=O)Oc1ccc(C(F)C(F)(F)C(F)(F)F)cc1. The summed E-state index contributed by atoms with van der Waals surface area (Å²) >= 11 is 0. The molecular formula is C10H8F6O3S. The molecule has 1 unspecified atom stereocenters. The summed E-state index contributed by atoms with van der Waals surface area (Å²) in [6, 6.07) is 2.72. The van der Waals surface area contributed by atoms with E-state index in [4.69, 9.17) is 0 Å². The second-order valence-corrected chi connectivity index (χ2v) is 5.41. The summed E-state index contributed by atoms with van der Waals surface area (Å²) in [7, 11) is -3.88. The number of rotatable bonds is 4. The fourth-order valence-corrected chi connectivity index (χ4v) is 1.68. The van der Waals surface area contributed by atoms with Crippen molar-refractivity contribution in [1.29, 1.82) is 0 Å². The van der Waals surface area contributed by atoms with E-state index in [-0.39, 0.29) is 5.75 Å². The highest BCUT2D eigenvalue weighted by Gasteiger charge is 2.63. The van der Waals surface area contributed by atoms with Crippen LogP contribution in [0.15, 0.2) is 24.3 Å². The van der Waals surface area contributed by atoms with Gasteiger partial charge in [0.2, 0.25) is 0 Å². The molecule has 1 atom stereocenters. The Labute approximate surface area is 110 Å². The summed E-state index contributed by atoms with van der Waals surface area (Å²) < 4.78 is 101. The average molecular weight is 322 g/mol. The van der Waals surface area contributed by atoms with Crippen molar-refractivity contribution < 1.29 is 38.9 Å². The van der Waals surface area contributed by atoms with Crippen LogP contribution in [0, 0.1) is 0 Å². The molecule has 0 aliphatic heterocycles. The summed E-state index contributed by atoms with van der Waals surface area (Å²) in [6.07, 6.45) is -8.93. The molecular weight excluding hydrogens is 314 g/mol. The second kappa shape index (κ2) is 5.15. The third-order valence-corrected chi connectivity index (χ3v) is 2.61. The molecule has 1 rings (SSSR count). The molecule has 1 aromatic rings. The molecule has 0 bridgehead atoms. The van der Waals surface area contributed by atoms with E-state index in [0.29, 0.717) is 18.4 Å². The van der Waals surface area contributed by atoms with E-state index < -0.39 is 34.0 Å². The minimum atomic E-state index is -6.03. The van der Waals surface area contributed by atoms with Gasteiger partial charge in [-0.2, -0.15) is 30.4 Å². The van der Waals surface area contributed by atoms with Crippen molar-refractivity contribution in [3.8, 4) is 5.75 Å². The highest BCUT2D eigenvalue weighted by atomic mass is 32.2. The lowest BCUT2D eigenvalue weighted by atomic mass is 10.0. The largest absolute Gasteiger partial charge is 0.456 e. The van der Waals surface area contributed by atoms with Crippen LogP contribution in [-0.2, 0) is 10.1 Å². The van der Waals surface area contributed by atoms with E-state index >= 15 is 0 Å². The van der Waals surface area contributed by atoms with Gasteiger partial charge in [0, 0.05) is 0 Å². The van der Waals surface area contributed by atoms with Gasteiger partial charge in [0.25, 0.3) is 0 Å². The summed E-state index contributed by atoms with van der Waals surface area (Å²) in [5.74, 6) is -5.88. The predicted molar refractivity (Wildman–Crippen MR) is 56.8 cm³/mol. The minimum absolute atomic E-state index is 0.334. The Morgan fingerprint density at radius 1 is 1.05 bits per heavy atom. The van der Waals surface area contributed by atoms with Gasteiger partial charge in [0.1, 0.15) is 5.75 Å². The zero-order valence-electron chi connectivity index (χ0n) is 9.79. The van der Waals surface area contributed by atoms with Crippen LogP contribution in [0.25, 0.3) is 0 Å². The van der Waals surface area contributed by atoms with Gasteiger partial charge in [-0.15, -0.1) is 0 Å². The zero-order chi connectivity index (χ0) is 15.8. The number of halogens is 6. The Morgan fingerprint density at radius 2 is 1.50 bits per heavy atom. The Bertz CT molecular complexity index is 564. The van der Waals surface area contributed by atoms with Crippen LogP contribution in [0.1, 0.15) is 11.7 Å². The molecule has 3 nitrogen and oxygen atoms in total. The Morgan fingerprint density at radius 3 is 1.85 bits per heavy atom. The fraction of sp³-hybridized carbons (Fsp3) is 0.400. The zero-order valence-corrected chi connectivity index (χ0v) is 10.6. The summed E-state index contributed by atoms with van der Waals surface area (Å²) in [6.45, 7) is 0. The van der Waals surface area contributed by atoms with E-state index in [0.717, 1.165) is 12.1 Å². The number of hydrogen-bond donors (Lipinski definition) is 0. The molecule has 0 aromatic heterocycles. The summed E-state index contributed by atoms with van der Waals surface area (Å²) in [5.41, 5.74) is -0.951. The molecule has 20 heavy (non-hydrogen) atoms. The van der Waals surface area contributed by atoms with E-state index in [1.54, 1.807) is 0 Å². The molecule has 0 saturated carbocycles. The van der Waals surface area contributed by atoms with Gasteiger partial charge >= 0.3 is 22.2 Å². The first kappa shape index (κ1) is 16.6. The average Bonchev–Trinajstić information content (AvgIpc) is 2.25. The standard InChI is InChI=1S/C10H8F6O3S/c1-20(17,18)19-7-4-2-6(3-5-7)8(11)9(12,13)10(14,15)16/h2-5,8H,1H3. The third kappa shape index (κ3) is 3.78. The first-order valence-corrected chi connectivity index (χ1v) is 6.74. The molecule has 0 aliphatic carbocycles. The van der Waals surface area contributed by atoms with E-state index in [1.165, 1.54) is 0 Å². The Balaban J connectivity index is 3.00. The molecule has 10 heteroatoms. The van der Waals surface area contributed by atoms with Crippen molar-refractivity contribution in [2.24, 2.45) is 0 Å². The Hall–Kier alpha value is -1.45. The van der Waals surface area contributed by atoms with Crippen molar-refractivity contribution >= 4 is 10.1 Å². The molecule has 0 spiro atoms. The molecule has 0 heterocycles. The van der Waals surface area contributed by atoms with Crippen LogP contribution in [0.2, 0.25) is 0 Å². The van der Waals surface area contributed by atoms with E-state index in [1.807, 2.05) is 0 Å². The lowest BCUT2D eigenvalue weighted by molar-refractivity contribution is -0.305. The highest BCUT2D eigenvalue weighted by Crippen LogP contribution is 2.46. The maximum absolute atomic E-state index is 13.2. The summed E-state index contributed by atoms with van der Waals surface area (Å²) in [5, 5.41) is 0. The highest BCUT2D eigenvalue weighted by molar-refractivity contribution is 7.86. The molecule has 114 valence electrons. The van der Waals surface area contributed by atoms with Crippen LogP contribution in [0.5, 0.6) is 5.75 Å². The van der Waals surface area contributed by atoms with E-state index in [9.17, 15) is 34.8 Å². The lowest BCUT2D eigenvalue weighted by Crippen LogP contribution is -2.40. The smallest absolute Gasteiger partial charge is 0.383 e. The minimum Gasteiger partial charge on any atom is -0.383 e. The maximum atomic E-state index is 13.2. The van der Waals surface area contributed by atoms with Gasteiger partial charge in [-0.05, 0) is 17.7 Å². The quantitative estimate of drug-likeness (QED) is 0.631. The maximum Gasteiger partial charge on any atom is 0.456 e. The first-order chi connectivity index (χ1) is 8.84. The van der Waals surface area contributed by atoms with Crippen molar-refractivity contribution in [3.63, 3.8) is 0 Å². The molecule has 0 amide bonds. The molecule has 0 saturated heterocycles. The van der Waals surface area contributed by atoms with Gasteiger partial charge < -0.3 is 4.18 Å². The van der Waals surface area contributed by atoms with Gasteiger partial charge in [0.15, 0.2) is 6.17 Å². The molecule has 1 aromatic carbocycles. The second-order valence-electron chi connectivity index (χ2n) is 3.84. The first-order valence-electron chi connectivity index (χ1n) is 4.92. The van der Waals surface area contributed by atoms with Crippen molar-refractivity contribution in [2.75, 3.05) is 6.26 Å².